The molecule has 5 heteroatoms. The van der Waals surface area contributed by atoms with Crippen molar-refractivity contribution in [2.45, 2.75) is 0 Å². The second kappa shape index (κ2) is 7.13. The Morgan fingerprint density at radius 2 is 1.86 bits per heavy atom. The Bertz CT molecular complexity index is 671. The van der Waals surface area contributed by atoms with Crippen molar-refractivity contribution in [3.8, 4) is 12.1 Å². The van der Waals surface area contributed by atoms with Gasteiger partial charge in [0.2, 0.25) is 0 Å². The van der Waals surface area contributed by atoms with Gasteiger partial charge in [0, 0.05) is 35.9 Å². The molecule has 1 aliphatic rings. The minimum absolute atomic E-state index is 0.196. The molecule has 1 heterocycles. The summed E-state index contributed by atoms with van der Waals surface area (Å²) in [7, 11) is 3.98. The molecule has 0 unspecified atom stereocenters. The van der Waals surface area contributed by atoms with E-state index in [1.165, 1.54) is 0 Å². The maximum Gasteiger partial charge on any atom is 0.134 e. The van der Waals surface area contributed by atoms with Crippen molar-refractivity contribution in [2.75, 3.05) is 38.6 Å². The number of allylic oxidation sites excluding steroid dienone is 1. The summed E-state index contributed by atoms with van der Waals surface area (Å²) in [5.74, 6) is 0. The largest absolute Gasteiger partial charge is 0.363 e. The first kappa shape index (κ1) is 16.1. The van der Waals surface area contributed by atoms with E-state index in [2.05, 4.69) is 11.0 Å². The third kappa shape index (κ3) is 3.68. The second-order valence-electron chi connectivity index (χ2n) is 5.40. The van der Waals surface area contributed by atoms with Crippen LogP contribution in [0.1, 0.15) is 0 Å². The molecule has 0 spiro atoms. The lowest BCUT2D eigenvalue weighted by molar-refractivity contribution is 0.455. The minimum atomic E-state index is 0.196. The highest BCUT2D eigenvalue weighted by Crippen LogP contribution is 2.30. The van der Waals surface area contributed by atoms with Crippen molar-refractivity contribution in [2.24, 2.45) is 0 Å². The number of halogens is 1. The molecule has 2 rings (SSSR count). The Hall–Kier alpha value is -2.27. The molecule has 0 bridgehead atoms. The third-order valence-corrected chi connectivity index (χ3v) is 3.77. The molecule has 1 aromatic carbocycles. The number of likely N-dealkylation sites (N-methyl/N-ethyl adjacent to an activating group) is 1. The van der Waals surface area contributed by atoms with E-state index < -0.39 is 0 Å². The lowest BCUT2D eigenvalue weighted by Gasteiger charge is -2.16. The summed E-state index contributed by atoms with van der Waals surface area (Å²) in [6.07, 6.45) is 2.08. The molecule has 0 atom stereocenters. The maximum atomic E-state index is 9.17. The SMILES string of the molecule is CN(C)CC=C1CN(c2ccc(Cl)cc2)CC1=C(C#N)C#N. The number of hydrogen-bond acceptors (Lipinski definition) is 4. The molecule has 1 fully saturated rings. The first-order chi connectivity index (χ1) is 10.5. The summed E-state index contributed by atoms with van der Waals surface area (Å²) in [5.41, 5.74) is 3.09. The molecular weight excluding hydrogens is 296 g/mol. The second-order valence-corrected chi connectivity index (χ2v) is 5.84. The van der Waals surface area contributed by atoms with Crippen LogP contribution in [0.25, 0.3) is 0 Å². The predicted octanol–water partition coefficient (Wildman–Crippen LogP) is 2.99. The zero-order valence-electron chi connectivity index (χ0n) is 12.7. The van der Waals surface area contributed by atoms with Crippen LogP contribution in [0.5, 0.6) is 0 Å². The molecule has 0 aromatic heterocycles. The highest BCUT2D eigenvalue weighted by molar-refractivity contribution is 6.30. The van der Waals surface area contributed by atoms with E-state index in [-0.39, 0.29) is 5.57 Å². The zero-order valence-corrected chi connectivity index (χ0v) is 13.4. The van der Waals surface area contributed by atoms with Gasteiger partial charge in [0.1, 0.15) is 17.7 Å². The first-order valence-electron chi connectivity index (χ1n) is 6.93. The van der Waals surface area contributed by atoms with Gasteiger partial charge in [0.15, 0.2) is 0 Å². The summed E-state index contributed by atoms with van der Waals surface area (Å²) in [4.78, 5) is 4.19. The molecule has 1 aromatic rings. The van der Waals surface area contributed by atoms with Crippen LogP contribution in [0.4, 0.5) is 5.69 Å². The molecule has 0 radical (unpaired) electrons. The maximum absolute atomic E-state index is 9.17. The molecule has 22 heavy (non-hydrogen) atoms. The van der Waals surface area contributed by atoms with E-state index in [4.69, 9.17) is 11.6 Å². The van der Waals surface area contributed by atoms with Gasteiger partial charge in [-0.15, -0.1) is 0 Å². The Balaban J connectivity index is 2.35. The molecule has 0 N–H and O–H groups in total. The Morgan fingerprint density at radius 1 is 1.23 bits per heavy atom. The van der Waals surface area contributed by atoms with E-state index in [1.54, 1.807) is 0 Å². The van der Waals surface area contributed by atoms with Crippen LogP contribution in [-0.4, -0.2) is 38.6 Å². The fourth-order valence-corrected chi connectivity index (χ4v) is 2.49. The first-order valence-corrected chi connectivity index (χ1v) is 7.31. The number of rotatable bonds is 3. The molecule has 1 saturated heterocycles. The van der Waals surface area contributed by atoms with Crippen molar-refractivity contribution in [1.29, 1.82) is 10.5 Å². The predicted molar refractivity (Wildman–Crippen MR) is 88.6 cm³/mol. The van der Waals surface area contributed by atoms with Gasteiger partial charge < -0.3 is 9.80 Å². The minimum Gasteiger partial charge on any atom is -0.363 e. The smallest absolute Gasteiger partial charge is 0.134 e. The van der Waals surface area contributed by atoms with Crippen molar-refractivity contribution in [3.05, 3.63) is 52.1 Å². The Kier molecular flexibility index (Phi) is 5.22. The van der Waals surface area contributed by atoms with Crippen LogP contribution in [0.15, 0.2) is 47.1 Å². The van der Waals surface area contributed by atoms with Crippen molar-refractivity contribution in [3.63, 3.8) is 0 Å². The highest BCUT2D eigenvalue weighted by atomic mass is 35.5. The molecule has 1 aliphatic heterocycles. The van der Waals surface area contributed by atoms with E-state index >= 15 is 0 Å². The fraction of sp³-hybridized carbons (Fsp3) is 0.294. The standard InChI is InChI=1S/C17H17ClN4/c1-21(2)8-7-13-11-22(12-17(13)14(9-19)10-20)16-5-3-15(18)4-6-16/h3-7H,8,11-12H2,1-2H3. The Morgan fingerprint density at radius 3 is 2.41 bits per heavy atom. The van der Waals surface area contributed by atoms with Crippen molar-refractivity contribution >= 4 is 17.3 Å². The number of benzene rings is 1. The van der Waals surface area contributed by atoms with Gasteiger partial charge in [-0.2, -0.15) is 10.5 Å². The van der Waals surface area contributed by atoms with E-state index in [0.29, 0.717) is 18.1 Å². The normalized spacial score (nSPS) is 16.0. The van der Waals surface area contributed by atoms with E-state index in [0.717, 1.165) is 23.4 Å². The molecule has 0 amide bonds. The number of hydrogen-bond donors (Lipinski definition) is 0. The van der Waals surface area contributed by atoms with Gasteiger partial charge in [-0.1, -0.05) is 17.7 Å². The molecular formula is C17H17ClN4. The quantitative estimate of drug-likeness (QED) is 0.805. The average Bonchev–Trinajstić information content (AvgIpc) is 2.91. The van der Waals surface area contributed by atoms with Gasteiger partial charge in [-0.05, 0) is 43.9 Å². The third-order valence-electron chi connectivity index (χ3n) is 3.52. The topological polar surface area (TPSA) is 54.1 Å². The van der Waals surface area contributed by atoms with Crippen LogP contribution in [0, 0.1) is 22.7 Å². The molecule has 112 valence electrons. The summed E-state index contributed by atoms with van der Waals surface area (Å²) in [6.45, 7) is 2.03. The van der Waals surface area contributed by atoms with Crippen LogP contribution in [0.2, 0.25) is 5.02 Å². The highest BCUT2D eigenvalue weighted by Gasteiger charge is 2.25. The van der Waals surface area contributed by atoms with Gasteiger partial charge in [-0.25, -0.2) is 0 Å². The fourth-order valence-electron chi connectivity index (χ4n) is 2.36. The summed E-state index contributed by atoms with van der Waals surface area (Å²) < 4.78 is 0. The summed E-state index contributed by atoms with van der Waals surface area (Å²) >= 11 is 5.92. The van der Waals surface area contributed by atoms with E-state index in [9.17, 15) is 10.5 Å². The Labute approximate surface area is 136 Å². The number of nitriles is 2. The van der Waals surface area contributed by atoms with Crippen LogP contribution in [-0.2, 0) is 0 Å². The van der Waals surface area contributed by atoms with Crippen LogP contribution < -0.4 is 4.90 Å². The van der Waals surface area contributed by atoms with Gasteiger partial charge in [-0.3, -0.25) is 0 Å². The number of anilines is 1. The monoisotopic (exact) mass is 312 g/mol. The van der Waals surface area contributed by atoms with Crippen LogP contribution >= 0.6 is 11.6 Å². The van der Waals surface area contributed by atoms with Gasteiger partial charge >= 0.3 is 0 Å². The summed E-state index contributed by atoms with van der Waals surface area (Å²) in [6, 6.07) is 11.6. The zero-order chi connectivity index (χ0) is 16.1. The lowest BCUT2D eigenvalue weighted by Crippen LogP contribution is -2.18. The van der Waals surface area contributed by atoms with Crippen molar-refractivity contribution in [1.82, 2.24) is 4.90 Å². The lowest BCUT2D eigenvalue weighted by atomic mass is 10.0. The summed E-state index contributed by atoms with van der Waals surface area (Å²) in [5, 5.41) is 19.0. The van der Waals surface area contributed by atoms with E-state index in [1.807, 2.05) is 55.4 Å². The molecule has 0 aliphatic carbocycles. The molecule has 0 saturated carbocycles. The van der Waals surface area contributed by atoms with Crippen molar-refractivity contribution < 1.29 is 0 Å². The van der Waals surface area contributed by atoms with Gasteiger partial charge in [0.05, 0.1) is 0 Å². The number of nitrogens with zero attached hydrogens (tertiary/aromatic N) is 4. The van der Waals surface area contributed by atoms with Gasteiger partial charge in [0.25, 0.3) is 0 Å². The average molecular weight is 313 g/mol. The molecule has 4 nitrogen and oxygen atoms in total. The van der Waals surface area contributed by atoms with Crippen LogP contribution in [0.3, 0.4) is 0 Å².